The number of benzene rings is 1. The zero-order chi connectivity index (χ0) is 25.5. The highest BCUT2D eigenvalue weighted by molar-refractivity contribution is 5.72. The molecule has 0 aromatic heterocycles. The lowest BCUT2D eigenvalue weighted by Gasteiger charge is -2.43. The number of rotatable bonds is 6. The number of amides is 3. The van der Waals surface area contributed by atoms with E-state index in [9.17, 15) is 18.8 Å². The molecule has 1 aliphatic heterocycles. The van der Waals surface area contributed by atoms with Gasteiger partial charge in [0.1, 0.15) is 23.8 Å². The topological polar surface area (TPSA) is 97.4 Å². The Labute approximate surface area is 200 Å². The Balaban J connectivity index is 1.95. The molecule has 0 unspecified atom stereocenters. The molecule has 3 amide bonds. The van der Waals surface area contributed by atoms with Crippen molar-refractivity contribution in [1.82, 2.24) is 15.1 Å². The Morgan fingerprint density at radius 2 is 1.76 bits per heavy atom. The highest BCUT2D eigenvalue weighted by atomic mass is 19.1. The van der Waals surface area contributed by atoms with Crippen molar-refractivity contribution in [3.8, 4) is 5.75 Å². The van der Waals surface area contributed by atoms with Crippen molar-refractivity contribution < 1.29 is 33.0 Å². The van der Waals surface area contributed by atoms with Crippen LogP contribution in [0.4, 0.5) is 18.8 Å². The van der Waals surface area contributed by atoms with Gasteiger partial charge < -0.3 is 24.4 Å². The lowest BCUT2D eigenvalue weighted by molar-refractivity contribution is -0.00983. The molecule has 9 nitrogen and oxygen atoms in total. The molecule has 0 bridgehead atoms. The minimum atomic E-state index is -0.631. The average molecular weight is 482 g/mol. The van der Waals surface area contributed by atoms with Gasteiger partial charge in [-0.1, -0.05) is 13.3 Å². The summed E-state index contributed by atoms with van der Waals surface area (Å²) in [5.74, 6) is -0.434. The molecule has 0 spiro atoms. The molecule has 1 aliphatic rings. The van der Waals surface area contributed by atoms with E-state index in [1.807, 2.05) is 6.92 Å². The van der Waals surface area contributed by atoms with Crippen molar-refractivity contribution in [3.05, 3.63) is 29.6 Å². The smallest absolute Gasteiger partial charge is 0.412 e. The second-order valence-electron chi connectivity index (χ2n) is 9.47. The zero-order valence-corrected chi connectivity index (χ0v) is 20.9. The van der Waals surface area contributed by atoms with E-state index >= 15 is 0 Å². The lowest BCUT2D eigenvalue weighted by Crippen LogP contribution is -2.60. The fourth-order valence-electron chi connectivity index (χ4n) is 3.61. The van der Waals surface area contributed by atoms with Gasteiger partial charge >= 0.3 is 18.3 Å². The number of carbonyl (C=O) groups is 3. The molecule has 0 aliphatic carbocycles. The van der Waals surface area contributed by atoms with Crippen LogP contribution in [0.25, 0.3) is 0 Å². The Morgan fingerprint density at radius 1 is 1.12 bits per heavy atom. The summed E-state index contributed by atoms with van der Waals surface area (Å²) in [6, 6.07) is 3.17. The second kappa shape index (κ2) is 11.9. The zero-order valence-electron chi connectivity index (χ0n) is 20.9. The van der Waals surface area contributed by atoms with Crippen LogP contribution in [0.5, 0.6) is 5.75 Å². The summed E-state index contributed by atoms with van der Waals surface area (Å²) in [5.41, 5.74) is -0.530. The molecule has 2 rings (SSSR count). The molecule has 10 heteroatoms. The van der Waals surface area contributed by atoms with Gasteiger partial charge in [-0.15, -0.1) is 0 Å². The maximum atomic E-state index is 14.3. The Bertz CT molecular complexity index is 861. The quantitative estimate of drug-likeness (QED) is 0.593. The summed E-state index contributed by atoms with van der Waals surface area (Å²) in [6.07, 6.45) is 0.0691. The molecule has 1 fully saturated rings. The van der Waals surface area contributed by atoms with Crippen molar-refractivity contribution >= 4 is 18.3 Å². The predicted octanol–water partition coefficient (Wildman–Crippen LogP) is 4.68. The molecule has 1 saturated heterocycles. The maximum absolute atomic E-state index is 14.3. The third-order valence-corrected chi connectivity index (χ3v) is 5.16. The van der Waals surface area contributed by atoms with Crippen molar-refractivity contribution in [2.45, 2.75) is 78.7 Å². The minimum absolute atomic E-state index is 0.0832. The van der Waals surface area contributed by atoms with Gasteiger partial charge in [0.15, 0.2) is 0 Å². The molecular weight excluding hydrogens is 445 g/mol. The van der Waals surface area contributed by atoms with Crippen LogP contribution in [0.2, 0.25) is 0 Å². The van der Waals surface area contributed by atoms with Crippen molar-refractivity contribution in [1.29, 1.82) is 0 Å². The van der Waals surface area contributed by atoms with Gasteiger partial charge in [0.25, 0.3) is 0 Å². The van der Waals surface area contributed by atoms with Gasteiger partial charge in [-0.2, -0.15) is 0 Å². The van der Waals surface area contributed by atoms with Crippen LogP contribution in [-0.4, -0.2) is 65.4 Å². The largest absolute Gasteiger partial charge is 0.444 e. The lowest BCUT2D eigenvalue weighted by atomic mass is 10.1. The first-order valence-electron chi connectivity index (χ1n) is 11.6. The molecule has 0 radical (unpaired) electrons. The van der Waals surface area contributed by atoms with Crippen LogP contribution < -0.4 is 10.1 Å². The minimum Gasteiger partial charge on any atom is -0.444 e. The van der Waals surface area contributed by atoms with E-state index < -0.39 is 29.7 Å². The molecule has 34 heavy (non-hydrogen) atoms. The van der Waals surface area contributed by atoms with Crippen LogP contribution in [0.15, 0.2) is 18.2 Å². The summed E-state index contributed by atoms with van der Waals surface area (Å²) < 4.78 is 30.2. The van der Waals surface area contributed by atoms with Crippen molar-refractivity contribution in [2.75, 3.05) is 19.6 Å². The molecular formula is C24H36FN3O6. The Hall–Kier alpha value is -3.04. The number of nitrogens with one attached hydrogen (secondary N) is 1. The highest BCUT2D eigenvalue weighted by Gasteiger charge is 2.37. The number of unbranched alkanes of at least 4 members (excludes halogenated alkanes) is 1. The fraction of sp³-hybridized carbons (Fsp3) is 0.625. The number of ether oxygens (including phenoxy) is 3. The number of hydrogen-bond donors (Lipinski definition) is 1. The predicted molar refractivity (Wildman–Crippen MR) is 124 cm³/mol. The Kier molecular flexibility index (Phi) is 9.52. The second-order valence-corrected chi connectivity index (χ2v) is 9.47. The molecule has 2 atom stereocenters. The first-order valence-corrected chi connectivity index (χ1v) is 11.6. The summed E-state index contributed by atoms with van der Waals surface area (Å²) >= 11 is 0. The van der Waals surface area contributed by atoms with Crippen LogP contribution >= 0.6 is 0 Å². The van der Waals surface area contributed by atoms with E-state index in [-0.39, 0.29) is 30.0 Å². The fourth-order valence-corrected chi connectivity index (χ4v) is 3.61. The third kappa shape index (κ3) is 8.07. The number of carbonyl (C=O) groups excluding carboxylic acids is 3. The van der Waals surface area contributed by atoms with E-state index in [0.717, 1.165) is 18.9 Å². The first-order chi connectivity index (χ1) is 15.9. The number of piperazine rings is 1. The monoisotopic (exact) mass is 481 g/mol. The van der Waals surface area contributed by atoms with Gasteiger partial charge in [-0.05, 0) is 59.2 Å². The van der Waals surface area contributed by atoms with Crippen LogP contribution in [0, 0.1) is 5.82 Å². The molecule has 0 saturated carbocycles. The third-order valence-electron chi connectivity index (χ3n) is 5.16. The summed E-state index contributed by atoms with van der Waals surface area (Å²) in [6.45, 7) is 11.7. The van der Waals surface area contributed by atoms with E-state index in [4.69, 9.17) is 14.2 Å². The van der Waals surface area contributed by atoms with Gasteiger partial charge in [0, 0.05) is 25.2 Å². The number of nitrogens with zero attached hydrogens (tertiary/aromatic N) is 2. The molecule has 190 valence electrons. The van der Waals surface area contributed by atoms with E-state index in [1.54, 1.807) is 39.5 Å². The van der Waals surface area contributed by atoms with E-state index in [1.165, 1.54) is 17.0 Å². The van der Waals surface area contributed by atoms with Gasteiger partial charge in [-0.25, -0.2) is 18.8 Å². The van der Waals surface area contributed by atoms with Crippen LogP contribution in [0.3, 0.4) is 0 Å². The standard InChI is InChI=1S/C24H36FN3O6/c1-7-8-11-26-21(29)33-19-9-10-20(25)18(12-19)15-32-23(31)28-16(2)13-27(14-17(28)3)22(30)34-24(4,5)6/h9-10,12,16-17H,7-8,11,13-15H2,1-6H3,(H,26,29)/t16-,17+. The van der Waals surface area contributed by atoms with Gasteiger partial charge in [0.05, 0.1) is 12.1 Å². The molecule has 1 aromatic carbocycles. The maximum Gasteiger partial charge on any atom is 0.412 e. The molecule has 1 heterocycles. The summed E-state index contributed by atoms with van der Waals surface area (Å²) in [4.78, 5) is 40.1. The van der Waals surface area contributed by atoms with Gasteiger partial charge in [-0.3, -0.25) is 4.90 Å². The van der Waals surface area contributed by atoms with Crippen molar-refractivity contribution in [2.24, 2.45) is 0 Å². The molecule has 1 N–H and O–H groups in total. The Morgan fingerprint density at radius 3 is 2.35 bits per heavy atom. The van der Waals surface area contributed by atoms with Crippen molar-refractivity contribution in [3.63, 3.8) is 0 Å². The first kappa shape index (κ1) is 27.2. The van der Waals surface area contributed by atoms with E-state index in [0.29, 0.717) is 19.6 Å². The van der Waals surface area contributed by atoms with Crippen LogP contribution in [-0.2, 0) is 16.1 Å². The highest BCUT2D eigenvalue weighted by Crippen LogP contribution is 2.22. The normalized spacial score (nSPS) is 18.3. The van der Waals surface area contributed by atoms with Gasteiger partial charge in [0.2, 0.25) is 0 Å². The van der Waals surface area contributed by atoms with Crippen LogP contribution in [0.1, 0.15) is 59.9 Å². The molecule has 1 aromatic rings. The summed E-state index contributed by atoms with van der Waals surface area (Å²) in [5, 5.41) is 2.61. The number of hydrogen-bond acceptors (Lipinski definition) is 6. The average Bonchev–Trinajstić information content (AvgIpc) is 2.72. The SMILES string of the molecule is CCCCNC(=O)Oc1ccc(F)c(COC(=O)N2[C@H](C)CN(C(=O)OC(C)(C)C)C[C@@H]2C)c1. The van der Waals surface area contributed by atoms with E-state index in [2.05, 4.69) is 5.32 Å². The summed E-state index contributed by atoms with van der Waals surface area (Å²) in [7, 11) is 0. The number of halogens is 1.